The van der Waals surface area contributed by atoms with Gasteiger partial charge in [0.2, 0.25) is 0 Å². The second-order valence-corrected chi connectivity index (χ2v) is 8.45. The normalized spacial score (nSPS) is 23.8. The molecule has 0 bridgehead atoms. The maximum absolute atomic E-state index is 12.0. The Labute approximate surface area is 149 Å². The third kappa shape index (κ3) is 3.19. The van der Waals surface area contributed by atoms with Crippen LogP contribution in [0.2, 0.25) is 0 Å². The average Bonchev–Trinajstić information content (AvgIpc) is 2.72. The van der Waals surface area contributed by atoms with Gasteiger partial charge in [0.05, 0.1) is 5.39 Å². The minimum atomic E-state index is -0.500. The summed E-state index contributed by atoms with van der Waals surface area (Å²) in [5, 5.41) is 3.80. The molecular weight excluding hydrogens is 374 g/mol. The van der Waals surface area contributed by atoms with Gasteiger partial charge < -0.3 is 20.4 Å². The van der Waals surface area contributed by atoms with Gasteiger partial charge in [-0.05, 0) is 56.5 Å². The Hall–Kier alpha value is -1.83. The van der Waals surface area contributed by atoms with Gasteiger partial charge in [-0.25, -0.2) is 14.8 Å². The van der Waals surface area contributed by atoms with Crippen LogP contribution in [0.5, 0.6) is 0 Å². The molecule has 1 aliphatic rings. The van der Waals surface area contributed by atoms with Crippen molar-refractivity contribution in [1.82, 2.24) is 19.9 Å². The molecule has 1 saturated carbocycles. The molecule has 0 spiro atoms. The molecule has 2 aromatic rings. The highest BCUT2D eigenvalue weighted by molar-refractivity contribution is 9.10. The van der Waals surface area contributed by atoms with Crippen molar-refractivity contribution in [2.75, 3.05) is 5.73 Å². The molecule has 24 heavy (non-hydrogen) atoms. The van der Waals surface area contributed by atoms with E-state index in [4.69, 9.17) is 10.5 Å². The van der Waals surface area contributed by atoms with E-state index in [0.29, 0.717) is 5.82 Å². The van der Waals surface area contributed by atoms with Crippen molar-refractivity contribution in [1.29, 1.82) is 0 Å². The molecule has 0 aromatic carbocycles. The van der Waals surface area contributed by atoms with Gasteiger partial charge >= 0.3 is 6.09 Å². The Bertz CT molecular complexity index is 790. The molecule has 7 nitrogen and oxygen atoms in total. The summed E-state index contributed by atoms with van der Waals surface area (Å²) in [7, 11) is 0. The monoisotopic (exact) mass is 395 g/mol. The van der Waals surface area contributed by atoms with Gasteiger partial charge in [-0.15, -0.1) is 0 Å². The molecule has 2 aromatic heterocycles. The summed E-state index contributed by atoms with van der Waals surface area (Å²) in [5.41, 5.74) is 5.96. The fraction of sp³-hybridized carbons (Fsp3) is 0.562. The highest BCUT2D eigenvalue weighted by Crippen LogP contribution is 2.44. The SMILES string of the molecule is CC1(NC(=O)OC(C)(C)C)CC(n2cc(Br)c3c(N)ncnc32)C1. The summed E-state index contributed by atoms with van der Waals surface area (Å²) in [5.74, 6) is 0.458. The Balaban J connectivity index is 1.73. The predicted octanol–water partition coefficient (Wildman–Crippen LogP) is 3.39. The second kappa shape index (κ2) is 5.61. The summed E-state index contributed by atoms with van der Waals surface area (Å²) >= 11 is 3.52. The van der Waals surface area contributed by atoms with E-state index < -0.39 is 5.60 Å². The van der Waals surface area contributed by atoms with Crippen molar-refractivity contribution in [3.63, 3.8) is 0 Å². The molecule has 1 amide bonds. The first-order valence-electron chi connectivity index (χ1n) is 7.86. The van der Waals surface area contributed by atoms with Crippen molar-refractivity contribution in [3.05, 3.63) is 17.0 Å². The predicted molar refractivity (Wildman–Crippen MR) is 95.7 cm³/mol. The fourth-order valence-corrected chi connectivity index (χ4v) is 3.77. The molecule has 130 valence electrons. The van der Waals surface area contributed by atoms with E-state index in [-0.39, 0.29) is 17.7 Å². The number of amides is 1. The number of fused-ring (bicyclic) bond motifs is 1. The second-order valence-electron chi connectivity index (χ2n) is 7.59. The Morgan fingerprint density at radius 1 is 1.46 bits per heavy atom. The smallest absolute Gasteiger partial charge is 0.408 e. The number of nitrogens with zero attached hydrogens (tertiary/aromatic N) is 3. The first-order chi connectivity index (χ1) is 11.1. The molecule has 3 rings (SSSR count). The average molecular weight is 396 g/mol. The number of carbonyl (C=O) groups is 1. The van der Waals surface area contributed by atoms with Crippen LogP contribution in [-0.4, -0.2) is 31.8 Å². The van der Waals surface area contributed by atoms with Gasteiger partial charge in [0.25, 0.3) is 0 Å². The molecule has 0 saturated heterocycles. The van der Waals surface area contributed by atoms with Crippen LogP contribution in [0.3, 0.4) is 0 Å². The van der Waals surface area contributed by atoms with Crippen molar-refractivity contribution >= 4 is 38.9 Å². The Kier molecular flexibility index (Phi) is 3.98. The third-order valence-corrected chi connectivity index (χ3v) is 4.76. The number of aromatic nitrogens is 3. The number of halogens is 1. The van der Waals surface area contributed by atoms with Crippen LogP contribution in [0, 0.1) is 0 Å². The summed E-state index contributed by atoms with van der Waals surface area (Å²) in [6.07, 6.45) is 4.66. The summed E-state index contributed by atoms with van der Waals surface area (Å²) in [6.45, 7) is 7.59. The van der Waals surface area contributed by atoms with Crippen LogP contribution < -0.4 is 11.1 Å². The molecule has 0 aliphatic heterocycles. The molecule has 0 radical (unpaired) electrons. The van der Waals surface area contributed by atoms with Crippen molar-refractivity contribution in [2.45, 2.75) is 57.7 Å². The van der Waals surface area contributed by atoms with Crippen molar-refractivity contribution in [3.8, 4) is 0 Å². The quantitative estimate of drug-likeness (QED) is 0.812. The number of rotatable bonds is 2. The van der Waals surface area contributed by atoms with E-state index >= 15 is 0 Å². The lowest BCUT2D eigenvalue weighted by atomic mass is 9.74. The molecule has 2 heterocycles. The summed E-state index contributed by atoms with van der Waals surface area (Å²) in [6, 6.07) is 0.244. The number of nitrogen functional groups attached to an aromatic ring is 1. The molecule has 8 heteroatoms. The molecular formula is C16H22BrN5O2. The van der Waals surface area contributed by atoms with Crippen LogP contribution in [-0.2, 0) is 4.74 Å². The van der Waals surface area contributed by atoms with E-state index in [2.05, 4.69) is 35.8 Å². The lowest BCUT2D eigenvalue weighted by Crippen LogP contribution is -2.56. The molecule has 0 atom stereocenters. The van der Waals surface area contributed by atoms with Crippen LogP contribution in [0.4, 0.5) is 10.6 Å². The zero-order valence-electron chi connectivity index (χ0n) is 14.3. The maximum atomic E-state index is 12.0. The van der Waals surface area contributed by atoms with Crippen molar-refractivity contribution < 1.29 is 9.53 Å². The Morgan fingerprint density at radius 2 is 2.12 bits per heavy atom. The topological polar surface area (TPSA) is 95.1 Å². The number of hydrogen-bond acceptors (Lipinski definition) is 5. The number of ether oxygens (including phenoxy) is 1. The first kappa shape index (κ1) is 17.0. The van der Waals surface area contributed by atoms with Crippen LogP contribution >= 0.6 is 15.9 Å². The number of carbonyl (C=O) groups excluding carboxylic acids is 1. The van der Waals surface area contributed by atoms with Gasteiger partial charge in [0, 0.05) is 22.3 Å². The van der Waals surface area contributed by atoms with Gasteiger partial charge in [0.15, 0.2) is 0 Å². The Morgan fingerprint density at radius 3 is 2.75 bits per heavy atom. The molecule has 1 aliphatic carbocycles. The maximum Gasteiger partial charge on any atom is 0.408 e. The minimum Gasteiger partial charge on any atom is -0.444 e. The largest absolute Gasteiger partial charge is 0.444 e. The number of nitrogens with one attached hydrogen (secondary N) is 1. The van der Waals surface area contributed by atoms with E-state index in [1.54, 1.807) is 0 Å². The van der Waals surface area contributed by atoms with Gasteiger partial charge in [-0.3, -0.25) is 0 Å². The van der Waals surface area contributed by atoms with Crippen LogP contribution in [0.15, 0.2) is 17.0 Å². The number of anilines is 1. The van der Waals surface area contributed by atoms with E-state index in [9.17, 15) is 4.79 Å². The standard InChI is InChI=1S/C16H22BrN5O2/c1-15(2,3)24-14(23)21-16(4)5-9(6-16)22-7-10(17)11-12(18)19-8-20-13(11)22/h7-9H,5-6H2,1-4H3,(H,21,23)(H2,18,19,20). The zero-order valence-corrected chi connectivity index (χ0v) is 15.8. The number of nitrogens with two attached hydrogens (primary N) is 1. The lowest BCUT2D eigenvalue weighted by Gasteiger charge is -2.46. The highest BCUT2D eigenvalue weighted by atomic mass is 79.9. The minimum absolute atomic E-state index is 0.244. The lowest BCUT2D eigenvalue weighted by molar-refractivity contribution is 0.0342. The van der Waals surface area contributed by atoms with E-state index in [1.807, 2.05) is 33.9 Å². The van der Waals surface area contributed by atoms with Crippen LogP contribution in [0.25, 0.3) is 11.0 Å². The number of hydrogen-bond donors (Lipinski definition) is 2. The van der Waals surface area contributed by atoms with E-state index in [0.717, 1.165) is 28.3 Å². The van der Waals surface area contributed by atoms with Crippen molar-refractivity contribution in [2.24, 2.45) is 0 Å². The molecule has 3 N–H and O–H groups in total. The zero-order chi connectivity index (χ0) is 17.7. The molecule has 0 unspecified atom stereocenters. The third-order valence-electron chi connectivity index (χ3n) is 4.16. The highest BCUT2D eigenvalue weighted by Gasteiger charge is 2.43. The van der Waals surface area contributed by atoms with Gasteiger partial charge in [0.1, 0.15) is 23.4 Å². The number of alkyl carbamates (subject to hydrolysis) is 1. The van der Waals surface area contributed by atoms with Crippen LogP contribution in [0.1, 0.15) is 46.6 Å². The summed E-state index contributed by atoms with van der Waals surface area (Å²) in [4.78, 5) is 20.4. The van der Waals surface area contributed by atoms with Gasteiger partial charge in [-0.1, -0.05) is 0 Å². The fourth-order valence-electron chi connectivity index (χ4n) is 3.17. The first-order valence-corrected chi connectivity index (χ1v) is 8.65. The van der Waals surface area contributed by atoms with Gasteiger partial charge in [-0.2, -0.15) is 0 Å². The molecule has 1 fully saturated rings. The van der Waals surface area contributed by atoms with E-state index in [1.165, 1.54) is 6.33 Å². The summed E-state index contributed by atoms with van der Waals surface area (Å²) < 4.78 is 8.31.